The molecule has 0 aliphatic rings. The van der Waals surface area contributed by atoms with E-state index in [-0.39, 0.29) is 0 Å². The van der Waals surface area contributed by atoms with E-state index in [9.17, 15) is 0 Å². The predicted molar refractivity (Wildman–Crippen MR) is 76.0 cm³/mol. The van der Waals surface area contributed by atoms with Gasteiger partial charge in [-0.25, -0.2) is 0 Å². The fourth-order valence-corrected chi connectivity index (χ4v) is 2.53. The standard InChI is InChI=1S/C13H15BrN2O3/c1-16-12(9(14)7-15-16)8-5-10(17-2)13(19-4)11(6-8)18-3/h5-7H,1-4H3. The first-order valence-corrected chi connectivity index (χ1v) is 6.39. The Labute approximate surface area is 120 Å². The van der Waals surface area contributed by atoms with Crippen LogP contribution in [0, 0.1) is 0 Å². The van der Waals surface area contributed by atoms with Crippen molar-refractivity contribution in [2.75, 3.05) is 21.3 Å². The van der Waals surface area contributed by atoms with Gasteiger partial charge in [0.15, 0.2) is 11.5 Å². The van der Waals surface area contributed by atoms with Gasteiger partial charge in [-0.05, 0) is 28.1 Å². The van der Waals surface area contributed by atoms with Crippen LogP contribution in [0.25, 0.3) is 11.3 Å². The number of nitrogens with zero attached hydrogens (tertiary/aromatic N) is 2. The second-order valence-corrected chi connectivity index (χ2v) is 4.73. The van der Waals surface area contributed by atoms with Crippen molar-refractivity contribution < 1.29 is 14.2 Å². The molecule has 6 heteroatoms. The monoisotopic (exact) mass is 326 g/mol. The molecule has 0 aliphatic carbocycles. The van der Waals surface area contributed by atoms with E-state index < -0.39 is 0 Å². The first kappa shape index (κ1) is 13.7. The first-order valence-electron chi connectivity index (χ1n) is 5.60. The van der Waals surface area contributed by atoms with E-state index in [0.29, 0.717) is 17.2 Å². The zero-order chi connectivity index (χ0) is 14.0. The third-order valence-electron chi connectivity index (χ3n) is 2.83. The van der Waals surface area contributed by atoms with Crippen LogP contribution < -0.4 is 14.2 Å². The molecule has 1 heterocycles. The molecule has 1 aromatic carbocycles. The van der Waals surface area contributed by atoms with Crippen LogP contribution >= 0.6 is 15.9 Å². The van der Waals surface area contributed by atoms with Crippen molar-refractivity contribution in [3.05, 3.63) is 22.8 Å². The van der Waals surface area contributed by atoms with Gasteiger partial charge in [-0.1, -0.05) is 0 Å². The van der Waals surface area contributed by atoms with E-state index in [1.165, 1.54) is 0 Å². The summed E-state index contributed by atoms with van der Waals surface area (Å²) >= 11 is 3.49. The van der Waals surface area contributed by atoms with Gasteiger partial charge < -0.3 is 14.2 Å². The van der Waals surface area contributed by atoms with E-state index in [1.54, 1.807) is 32.2 Å². The van der Waals surface area contributed by atoms with Gasteiger partial charge in [0.2, 0.25) is 5.75 Å². The molecule has 0 unspecified atom stereocenters. The van der Waals surface area contributed by atoms with Gasteiger partial charge in [-0.2, -0.15) is 5.10 Å². The Morgan fingerprint density at radius 2 is 1.63 bits per heavy atom. The molecule has 102 valence electrons. The van der Waals surface area contributed by atoms with Gasteiger partial charge in [0.1, 0.15) is 0 Å². The highest BCUT2D eigenvalue weighted by Crippen LogP contribution is 2.42. The minimum atomic E-state index is 0.576. The Kier molecular flexibility index (Phi) is 3.99. The molecule has 0 amide bonds. The van der Waals surface area contributed by atoms with Gasteiger partial charge in [0.05, 0.1) is 37.7 Å². The minimum Gasteiger partial charge on any atom is -0.493 e. The van der Waals surface area contributed by atoms with Crippen LogP contribution in [-0.2, 0) is 7.05 Å². The van der Waals surface area contributed by atoms with Gasteiger partial charge in [0.25, 0.3) is 0 Å². The zero-order valence-electron chi connectivity index (χ0n) is 11.2. The Bertz CT molecular complexity index is 551. The van der Waals surface area contributed by atoms with Crippen LogP contribution in [0.3, 0.4) is 0 Å². The number of aryl methyl sites for hydroxylation is 1. The van der Waals surface area contributed by atoms with Crippen molar-refractivity contribution in [1.82, 2.24) is 9.78 Å². The second-order valence-electron chi connectivity index (χ2n) is 3.88. The first-order chi connectivity index (χ1) is 9.12. The topological polar surface area (TPSA) is 45.5 Å². The fourth-order valence-electron chi connectivity index (χ4n) is 1.95. The summed E-state index contributed by atoms with van der Waals surface area (Å²) < 4.78 is 18.7. The largest absolute Gasteiger partial charge is 0.493 e. The lowest BCUT2D eigenvalue weighted by atomic mass is 10.1. The molecule has 0 N–H and O–H groups in total. The summed E-state index contributed by atoms with van der Waals surface area (Å²) in [6.45, 7) is 0. The van der Waals surface area contributed by atoms with Crippen molar-refractivity contribution >= 4 is 15.9 Å². The highest BCUT2D eigenvalue weighted by molar-refractivity contribution is 9.10. The molecule has 2 rings (SSSR count). The summed E-state index contributed by atoms with van der Waals surface area (Å²) in [5, 5.41) is 4.20. The molecule has 0 bridgehead atoms. The highest BCUT2D eigenvalue weighted by Gasteiger charge is 2.17. The molecule has 0 saturated heterocycles. The maximum atomic E-state index is 5.35. The third kappa shape index (κ3) is 2.40. The molecule has 5 nitrogen and oxygen atoms in total. The Balaban J connectivity index is 2.66. The van der Waals surface area contributed by atoms with Gasteiger partial charge in [-0.3, -0.25) is 4.68 Å². The fraction of sp³-hybridized carbons (Fsp3) is 0.308. The summed E-state index contributed by atoms with van der Waals surface area (Å²) in [6.07, 6.45) is 1.75. The molecule has 2 aromatic rings. The lowest BCUT2D eigenvalue weighted by Crippen LogP contribution is -1.98. The van der Waals surface area contributed by atoms with E-state index in [1.807, 2.05) is 19.2 Å². The molecular formula is C13H15BrN2O3. The minimum absolute atomic E-state index is 0.576. The average molecular weight is 327 g/mol. The van der Waals surface area contributed by atoms with Crippen LogP contribution in [-0.4, -0.2) is 31.1 Å². The molecule has 0 spiro atoms. The summed E-state index contributed by atoms with van der Waals surface area (Å²) in [5.41, 5.74) is 1.88. The van der Waals surface area contributed by atoms with Crippen molar-refractivity contribution in [2.45, 2.75) is 0 Å². The van der Waals surface area contributed by atoms with Crippen molar-refractivity contribution in [3.8, 4) is 28.5 Å². The van der Waals surface area contributed by atoms with Gasteiger partial charge in [0, 0.05) is 12.6 Å². The maximum absolute atomic E-state index is 5.35. The maximum Gasteiger partial charge on any atom is 0.203 e. The van der Waals surface area contributed by atoms with Gasteiger partial charge >= 0.3 is 0 Å². The van der Waals surface area contributed by atoms with E-state index in [2.05, 4.69) is 21.0 Å². The number of rotatable bonds is 4. The molecule has 19 heavy (non-hydrogen) atoms. The van der Waals surface area contributed by atoms with Crippen molar-refractivity contribution in [1.29, 1.82) is 0 Å². The Hall–Kier alpha value is -1.69. The number of aromatic nitrogens is 2. The Morgan fingerprint density at radius 1 is 1.05 bits per heavy atom. The smallest absolute Gasteiger partial charge is 0.203 e. The average Bonchev–Trinajstić information content (AvgIpc) is 2.76. The van der Waals surface area contributed by atoms with E-state index in [0.717, 1.165) is 15.7 Å². The molecule has 1 aromatic heterocycles. The normalized spacial score (nSPS) is 10.4. The molecule has 0 radical (unpaired) electrons. The third-order valence-corrected chi connectivity index (χ3v) is 3.41. The van der Waals surface area contributed by atoms with Crippen LogP contribution in [0.1, 0.15) is 0 Å². The summed E-state index contributed by atoms with van der Waals surface area (Å²) in [4.78, 5) is 0. The second kappa shape index (κ2) is 5.52. The number of benzene rings is 1. The molecule has 0 aliphatic heterocycles. The van der Waals surface area contributed by atoms with Crippen molar-refractivity contribution in [2.24, 2.45) is 7.05 Å². The number of hydrogen-bond acceptors (Lipinski definition) is 4. The van der Waals surface area contributed by atoms with Crippen LogP contribution in [0.15, 0.2) is 22.8 Å². The summed E-state index contributed by atoms with van der Waals surface area (Å²) in [5.74, 6) is 1.81. The number of halogens is 1. The molecule has 0 atom stereocenters. The SMILES string of the molecule is COc1cc(-c2c(Br)cnn2C)cc(OC)c1OC. The van der Waals surface area contributed by atoms with Gasteiger partial charge in [-0.15, -0.1) is 0 Å². The number of hydrogen-bond donors (Lipinski definition) is 0. The molecule has 0 fully saturated rings. The van der Waals surface area contributed by atoms with E-state index in [4.69, 9.17) is 14.2 Å². The van der Waals surface area contributed by atoms with Crippen molar-refractivity contribution in [3.63, 3.8) is 0 Å². The predicted octanol–water partition coefficient (Wildman–Crippen LogP) is 2.88. The van der Waals surface area contributed by atoms with Crippen LogP contribution in [0.5, 0.6) is 17.2 Å². The lowest BCUT2D eigenvalue weighted by molar-refractivity contribution is 0.324. The zero-order valence-corrected chi connectivity index (χ0v) is 12.8. The van der Waals surface area contributed by atoms with Crippen LogP contribution in [0.4, 0.5) is 0 Å². The Morgan fingerprint density at radius 3 is 2.00 bits per heavy atom. The lowest BCUT2D eigenvalue weighted by Gasteiger charge is -2.14. The quantitative estimate of drug-likeness (QED) is 0.866. The summed E-state index contributed by atoms with van der Waals surface area (Å²) in [6, 6.07) is 3.78. The molecule has 0 saturated carbocycles. The number of methoxy groups -OCH3 is 3. The van der Waals surface area contributed by atoms with Crippen LogP contribution in [0.2, 0.25) is 0 Å². The van der Waals surface area contributed by atoms with E-state index >= 15 is 0 Å². The highest BCUT2D eigenvalue weighted by atomic mass is 79.9. The number of ether oxygens (including phenoxy) is 3. The summed E-state index contributed by atoms with van der Waals surface area (Å²) in [7, 11) is 6.65. The molecular weight excluding hydrogens is 312 g/mol.